The average molecular weight is 271 g/mol. The first-order valence-corrected chi connectivity index (χ1v) is 7.50. The molecule has 1 aliphatic rings. The first-order valence-electron chi connectivity index (χ1n) is 5.79. The lowest BCUT2D eigenvalue weighted by Gasteiger charge is -2.13. The van der Waals surface area contributed by atoms with Crippen molar-refractivity contribution in [3.8, 4) is 5.88 Å². The van der Waals surface area contributed by atoms with Gasteiger partial charge in [0.2, 0.25) is 5.88 Å². The van der Waals surface area contributed by atoms with Crippen LogP contribution in [0.4, 0.5) is 11.5 Å². The van der Waals surface area contributed by atoms with E-state index in [1.54, 1.807) is 12.1 Å². The van der Waals surface area contributed by atoms with Crippen molar-refractivity contribution in [2.45, 2.75) is 18.1 Å². The van der Waals surface area contributed by atoms with E-state index in [0.29, 0.717) is 30.4 Å². The minimum absolute atomic E-state index is 0.278. The minimum Gasteiger partial charge on any atom is -0.481 e. The Labute approximate surface area is 106 Å². The van der Waals surface area contributed by atoms with Gasteiger partial charge in [0, 0.05) is 12.6 Å². The number of nitrogen functional groups attached to an aromatic ring is 1. The summed E-state index contributed by atoms with van der Waals surface area (Å²) in [6.07, 6.45) is 1.43. The van der Waals surface area contributed by atoms with Crippen LogP contribution in [0.15, 0.2) is 12.1 Å². The zero-order valence-electron chi connectivity index (χ0n) is 10.2. The molecule has 3 N–H and O–H groups in total. The molecule has 2 heterocycles. The molecule has 6 nitrogen and oxygen atoms in total. The van der Waals surface area contributed by atoms with Crippen molar-refractivity contribution in [1.82, 2.24) is 4.98 Å². The van der Waals surface area contributed by atoms with E-state index in [0.717, 1.165) is 6.42 Å². The van der Waals surface area contributed by atoms with Crippen LogP contribution >= 0.6 is 0 Å². The number of nitrogens with one attached hydrogen (secondary N) is 1. The highest BCUT2D eigenvalue weighted by Gasteiger charge is 2.31. The maximum Gasteiger partial charge on any atom is 0.215 e. The lowest BCUT2D eigenvalue weighted by molar-refractivity contribution is 0.398. The number of sulfone groups is 1. The number of anilines is 2. The molecule has 1 saturated heterocycles. The van der Waals surface area contributed by atoms with Crippen LogP contribution in [0.5, 0.6) is 5.88 Å². The number of nitrogens with zero attached hydrogens (tertiary/aromatic N) is 1. The molecule has 0 saturated carbocycles. The summed E-state index contributed by atoms with van der Waals surface area (Å²) in [5.41, 5.74) is 6.24. The van der Waals surface area contributed by atoms with Gasteiger partial charge in [-0.15, -0.1) is 0 Å². The zero-order valence-corrected chi connectivity index (χ0v) is 11.0. The number of nitrogens with two attached hydrogens (primary N) is 1. The fourth-order valence-electron chi connectivity index (χ4n) is 2.01. The molecule has 18 heavy (non-hydrogen) atoms. The van der Waals surface area contributed by atoms with Crippen molar-refractivity contribution in [2.75, 3.05) is 30.5 Å². The molecule has 0 aliphatic carbocycles. The van der Waals surface area contributed by atoms with Crippen molar-refractivity contribution in [1.29, 1.82) is 0 Å². The van der Waals surface area contributed by atoms with Crippen molar-refractivity contribution in [3.63, 3.8) is 0 Å². The summed E-state index contributed by atoms with van der Waals surface area (Å²) in [5, 5.41) is 2.65. The van der Waals surface area contributed by atoms with Crippen molar-refractivity contribution in [3.05, 3.63) is 12.1 Å². The van der Waals surface area contributed by atoms with E-state index >= 15 is 0 Å². The smallest absolute Gasteiger partial charge is 0.215 e. The summed E-state index contributed by atoms with van der Waals surface area (Å²) in [4.78, 5) is 4.15. The quantitative estimate of drug-likeness (QED) is 0.835. The molecule has 0 spiro atoms. The van der Waals surface area contributed by atoms with Gasteiger partial charge >= 0.3 is 0 Å². The van der Waals surface area contributed by atoms with Crippen LogP contribution in [0, 0.1) is 0 Å². The molecule has 1 fully saturated rings. The first kappa shape index (κ1) is 12.9. The number of aromatic nitrogens is 1. The largest absolute Gasteiger partial charge is 0.481 e. The molecule has 0 bridgehead atoms. The Hall–Kier alpha value is -1.50. The van der Waals surface area contributed by atoms with Crippen molar-refractivity contribution < 1.29 is 13.2 Å². The van der Waals surface area contributed by atoms with Crippen molar-refractivity contribution in [2.24, 2.45) is 0 Å². The second-order valence-corrected chi connectivity index (χ2v) is 6.70. The van der Waals surface area contributed by atoms with E-state index in [1.807, 2.05) is 0 Å². The molecule has 1 aromatic rings. The lowest BCUT2D eigenvalue weighted by Crippen LogP contribution is -2.25. The molecule has 0 amide bonds. The highest BCUT2D eigenvalue weighted by Crippen LogP contribution is 2.23. The maximum atomic E-state index is 11.7. The Morgan fingerprint density at radius 1 is 1.56 bits per heavy atom. The van der Waals surface area contributed by atoms with Crippen molar-refractivity contribution >= 4 is 21.3 Å². The molecule has 1 aliphatic heterocycles. The monoisotopic (exact) mass is 271 g/mol. The average Bonchev–Trinajstić information content (AvgIpc) is 2.67. The third-order valence-corrected chi connectivity index (χ3v) is 5.35. The predicted molar refractivity (Wildman–Crippen MR) is 70.5 cm³/mol. The molecular formula is C11H17N3O3S. The van der Waals surface area contributed by atoms with E-state index in [4.69, 9.17) is 10.5 Å². The molecule has 0 aromatic carbocycles. The van der Waals surface area contributed by atoms with Crippen LogP contribution in [0.1, 0.15) is 12.8 Å². The normalized spacial score (nSPS) is 21.7. The van der Waals surface area contributed by atoms with E-state index in [1.165, 1.54) is 7.11 Å². The van der Waals surface area contributed by atoms with Crippen LogP contribution in [-0.4, -0.2) is 38.1 Å². The second-order valence-electron chi connectivity index (χ2n) is 4.30. The highest BCUT2D eigenvalue weighted by atomic mass is 32.2. The number of pyridine rings is 1. The second kappa shape index (κ2) is 5.01. The summed E-state index contributed by atoms with van der Waals surface area (Å²) in [6, 6.07) is 3.34. The van der Waals surface area contributed by atoms with Gasteiger partial charge in [-0.05, 0) is 18.9 Å². The van der Waals surface area contributed by atoms with E-state index < -0.39 is 9.84 Å². The number of rotatable bonds is 4. The van der Waals surface area contributed by atoms with Gasteiger partial charge in [0.1, 0.15) is 0 Å². The highest BCUT2D eigenvalue weighted by molar-refractivity contribution is 7.92. The molecule has 1 aromatic heterocycles. The van der Waals surface area contributed by atoms with E-state index in [9.17, 15) is 8.42 Å². The Kier molecular flexibility index (Phi) is 3.60. The van der Waals surface area contributed by atoms with Gasteiger partial charge in [-0.1, -0.05) is 0 Å². The Bertz CT molecular complexity index is 530. The third-order valence-electron chi connectivity index (χ3n) is 3.07. The fourth-order valence-corrected chi connectivity index (χ4v) is 3.77. The van der Waals surface area contributed by atoms with Gasteiger partial charge in [0.15, 0.2) is 15.7 Å². The molecule has 2 rings (SSSR count). The van der Waals surface area contributed by atoms with Gasteiger partial charge in [-0.25, -0.2) is 8.42 Å². The molecular weight excluding hydrogens is 254 g/mol. The summed E-state index contributed by atoms with van der Waals surface area (Å²) in [7, 11) is -1.43. The van der Waals surface area contributed by atoms with E-state index in [2.05, 4.69) is 10.3 Å². The van der Waals surface area contributed by atoms with Crippen LogP contribution in [0.2, 0.25) is 0 Å². The Morgan fingerprint density at radius 3 is 2.94 bits per heavy atom. The standard InChI is InChI=1S/C11H17N3O3S/c1-17-10-5-4-9(12)11(14-10)13-7-8-3-2-6-18(8,15)16/h4-5,8H,2-3,6-7,12H2,1H3,(H,13,14). The van der Waals surface area contributed by atoms with Crippen LogP contribution in [0.3, 0.4) is 0 Å². The van der Waals surface area contributed by atoms with Crippen LogP contribution in [0.25, 0.3) is 0 Å². The Balaban J connectivity index is 2.06. The molecule has 0 radical (unpaired) electrons. The van der Waals surface area contributed by atoms with Crippen LogP contribution < -0.4 is 15.8 Å². The SMILES string of the molecule is COc1ccc(N)c(NCC2CCCS2(=O)=O)n1. The Morgan fingerprint density at radius 2 is 2.33 bits per heavy atom. The lowest BCUT2D eigenvalue weighted by atomic mass is 10.2. The van der Waals surface area contributed by atoms with Crippen LogP contribution in [-0.2, 0) is 9.84 Å². The summed E-state index contributed by atoms with van der Waals surface area (Å²) in [5.74, 6) is 1.19. The molecule has 1 unspecified atom stereocenters. The topological polar surface area (TPSA) is 94.3 Å². The zero-order chi connectivity index (χ0) is 13.2. The summed E-state index contributed by atoms with van der Waals surface area (Å²) >= 11 is 0. The van der Waals surface area contributed by atoms with Gasteiger partial charge in [0.05, 0.1) is 23.8 Å². The number of ether oxygens (including phenoxy) is 1. The van der Waals surface area contributed by atoms with Gasteiger partial charge in [-0.2, -0.15) is 4.98 Å². The maximum absolute atomic E-state index is 11.7. The van der Waals surface area contributed by atoms with Gasteiger partial charge in [-0.3, -0.25) is 0 Å². The summed E-state index contributed by atoms with van der Waals surface area (Å²) < 4.78 is 28.3. The fraction of sp³-hybridized carbons (Fsp3) is 0.545. The van der Waals surface area contributed by atoms with Gasteiger partial charge in [0.25, 0.3) is 0 Å². The first-order chi connectivity index (χ1) is 8.53. The number of methoxy groups -OCH3 is 1. The number of hydrogen-bond acceptors (Lipinski definition) is 6. The predicted octanol–water partition coefficient (Wildman–Crippen LogP) is 0.661. The molecule has 100 valence electrons. The molecule has 1 atom stereocenters. The minimum atomic E-state index is -2.95. The van der Waals surface area contributed by atoms with E-state index in [-0.39, 0.29) is 11.0 Å². The molecule has 7 heteroatoms. The van der Waals surface area contributed by atoms with Gasteiger partial charge < -0.3 is 15.8 Å². The summed E-state index contributed by atoms with van der Waals surface area (Å²) in [6.45, 7) is 0.340. The third kappa shape index (κ3) is 2.66. The number of hydrogen-bond donors (Lipinski definition) is 2.